The fraction of sp³-hybridized carbons (Fsp3) is 0.389. The molecule has 6 nitrogen and oxygen atoms in total. The van der Waals surface area contributed by atoms with E-state index in [0.717, 1.165) is 24.6 Å². The number of hydrogen-bond donors (Lipinski definition) is 1. The molecule has 2 aromatic rings. The molecule has 1 amide bonds. The molecule has 1 aromatic heterocycles. The summed E-state index contributed by atoms with van der Waals surface area (Å²) in [6.07, 6.45) is -0.00515. The maximum absolute atomic E-state index is 13.6. The Kier molecular flexibility index (Phi) is 5.55. The first-order valence-corrected chi connectivity index (χ1v) is 8.29. The highest BCUT2D eigenvalue weighted by atomic mass is 19.1. The van der Waals surface area contributed by atoms with Crippen LogP contribution in [0.2, 0.25) is 0 Å². The Morgan fingerprint density at radius 1 is 1.28 bits per heavy atom. The fourth-order valence-corrected chi connectivity index (χ4v) is 2.70. The van der Waals surface area contributed by atoms with Crippen molar-refractivity contribution in [2.24, 2.45) is 0 Å². The number of nitrogens with one attached hydrogen (secondary N) is 1. The third-order valence-electron chi connectivity index (χ3n) is 3.97. The highest BCUT2D eigenvalue weighted by molar-refractivity contribution is 5.78. The summed E-state index contributed by atoms with van der Waals surface area (Å²) >= 11 is 0. The molecule has 1 aliphatic rings. The van der Waals surface area contributed by atoms with Gasteiger partial charge in [-0.2, -0.15) is 0 Å². The monoisotopic (exact) mass is 344 g/mol. The second kappa shape index (κ2) is 8.02. The van der Waals surface area contributed by atoms with E-state index in [0.29, 0.717) is 24.6 Å². The molecule has 0 radical (unpaired) electrons. The van der Waals surface area contributed by atoms with Crippen molar-refractivity contribution in [3.05, 3.63) is 53.2 Å². The number of morpholine rings is 1. The molecule has 1 N–H and O–H groups in total. The topological polar surface area (TPSA) is 67.3 Å². The van der Waals surface area contributed by atoms with E-state index in [2.05, 4.69) is 20.2 Å². The molecule has 0 spiro atoms. The van der Waals surface area contributed by atoms with Crippen LogP contribution in [0.15, 0.2) is 30.3 Å². The first kappa shape index (κ1) is 17.3. The number of hydrogen-bond acceptors (Lipinski definition) is 5. The van der Waals surface area contributed by atoms with E-state index in [-0.39, 0.29) is 24.7 Å². The predicted molar refractivity (Wildman–Crippen MR) is 91.8 cm³/mol. The van der Waals surface area contributed by atoms with Crippen LogP contribution in [-0.4, -0.2) is 42.2 Å². The SMILES string of the molecule is Cc1cc(N2CCOCC2)nc(CNC(=O)Cc2ccccc2F)n1. The quantitative estimate of drug-likeness (QED) is 0.893. The Labute approximate surface area is 146 Å². The molecular formula is C18H21FN4O2. The van der Waals surface area contributed by atoms with Crippen molar-refractivity contribution in [1.82, 2.24) is 15.3 Å². The van der Waals surface area contributed by atoms with Crippen LogP contribution >= 0.6 is 0 Å². The normalized spacial score (nSPS) is 14.4. The molecule has 2 heterocycles. The molecule has 1 aliphatic heterocycles. The zero-order chi connectivity index (χ0) is 17.6. The van der Waals surface area contributed by atoms with Gasteiger partial charge in [-0.3, -0.25) is 4.79 Å². The number of carbonyl (C=O) groups is 1. The number of nitrogens with zero attached hydrogens (tertiary/aromatic N) is 3. The molecule has 0 unspecified atom stereocenters. The lowest BCUT2D eigenvalue weighted by Crippen LogP contribution is -2.37. The van der Waals surface area contributed by atoms with Gasteiger partial charge in [0.2, 0.25) is 5.91 Å². The van der Waals surface area contributed by atoms with Crippen molar-refractivity contribution in [1.29, 1.82) is 0 Å². The largest absolute Gasteiger partial charge is 0.378 e. The molecule has 0 saturated carbocycles. The number of ether oxygens (including phenoxy) is 1. The van der Waals surface area contributed by atoms with Gasteiger partial charge in [-0.05, 0) is 18.6 Å². The van der Waals surface area contributed by atoms with Gasteiger partial charge in [-0.1, -0.05) is 18.2 Å². The third-order valence-corrected chi connectivity index (χ3v) is 3.97. The molecule has 0 aliphatic carbocycles. The maximum atomic E-state index is 13.6. The van der Waals surface area contributed by atoms with Crippen molar-refractivity contribution < 1.29 is 13.9 Å². The summed E-state index contributed by atoms with van der Waals surface area (Å²) in [5.41, 5.74) is 1.22. The lowest BCUT2D eigenvalue weighted by Gasteiger charge is -2.28. The average Bonchev–Trinajstić information content (AvgIpc) is 2.62. The van der Waals surface area contributed by atoms with Crippen molar-refractivity contribution in [2.75, 3.05) is 31.2 Å². The van der Waals surface area contributed by atoms with Gasteiger partial charge in [0.1, 0.15) is 17.5 Å². The Balaban J connectivity index is 1.61. The van der Waals surface area contributed by atoms with Gasteiger partial charge >= 0.3 is 0 Å². The van der Waals surface area contributed by atoms with Gasteiger partial charge in [-0.25, -0.2) is 14.4 Å². The van der Waals surface area contributed by atoms with Gasteiger partial charge in [0, 0.05) is 24.8 Å². The van der Waals surface area contributed by atoms with Gasteiger partial charge in [0.05, 0.1) is 26.2 Å². The molecule has 3 rings (SSSR count). The number of aryl methyl sites for hydroxylation is 1. The number of aromatic nitrogens is 2. The first-order chi connectivity index (χ1) is 12.1. The van der Waals surface area contributed by atoms with Gasteiger partial charge < -0.3 is 15.0 Å². The molecular weight excluding hydrogens is 323 g/mol. The summed E-state index contributed by atoms with van der Waals surface area (Å²) in [5, 5.41) is 2.76. The van der Waals surface area contributed by atoms with Gasteiger partial charge in [0.15, 0.2) is 0 Å². The van der Waals surface area contributed by atoms with Crippen molar-refractivity contribution in [2.45, 2.75) is 19.9 Å². The average molecular weight is 344 g/mol. The van der Waals surface area contributed by atoms with Crippen LogP contribution in [0.3, 0.4) is 0 Å². The fourth-order valence-electron chi connectivity index (χ4n) is 2.70. The van der Waals surface area contributed by atoms with Crippen LogP contribution in [0.5, 0.6) is 0 Å². The molecule has 1 fully saturated rings. The van der Waals surface area contributed by atoms with E-state index < -0.39 is 0 Å². The summed E-state index contributed by atoms with van der Waals surface area (Å²) in [4.78, 5) is 23.1. The zero-order valence-electron chi connectivity index (χ0n) is 14.2. The number of rotatable bonds is 5. The Morgan fingerprint density at radius 2 is 2.04 bits per heavy atom. The Morgan fingerprint density at radius 3 is 2.80 bits per heavy atom. The number of amides is 1. The zero-order valence-corrected chi connectivity index (χ0v) is 14.2. The molecule has 0 bridgehead atoms. The summed E-state index contributed by atoms with van der Waals surface area (Å²) in [5.74, 6) is 0.750. The second-order valence-electron chi connectivity index (χ2n) is 5.93. The summed E-state index contributed by atoms with van der Waals surface area (Å²) in [7, 11) is 0. The Hall–Kier alpha value is -2.54. The molecule has 25 heavy (non-hydrogen) atoms. The van der Waals surface area contributed by atoms with Crippen LogP contribution in [0.1, 0.15) is 17.1 Å². The highest BCUT2D eigenvalue weighted by Crippen LogP contribution is 2.14. The van der Waals surface area contributed by atoms with Gasteiger partial charge in [0.25, 0.3) is 0 Å². The predicted octanol–water partition coefficient (Wildman–Crippen LogP) is 1.62. The first-order valence-electron chi connectivity index (χ1n) is 8.29. The lowest BCUT2D eigenvalue weighted by atomic mass is 10.1. The van der Waals surface area contributed by atoms with E-state index >= 15 is 0 Å². The van der Waals surface area contributed by atoms with Crippen molar-refractivity contribution >= 4 is 11.7 Å². The van der Waals surface area contributed by atoms with E-state index in [9.17, 15) is 9.18 Å². The van der Waals surface area contributed by atoms with E-state index in [1.54, 1.807) is 18.2 Å². The van der Waals surface area contributed by atoms with Crippen molar-refractivity contribution in [3.8, 4) is 0 Å². The van der Waals surface area contributed by atoms with Crippen LogP contribution < -0.4 is 10.2 Å². The van der Waals surface area contributed by atoms with Crippen LogP contribution in [0, 0.1) is 12.7 Å². The summed E-state index contributed by atoms with van der Waals surface area (Å²) in [6, 6.07) is 8.19. The minimum atomic E-state index is -0.376. The maximum Gasteiger partial charge on any atom is 0.224 e. The number of benzene rings is 1. The van der Waals surface area contributed by atoms with Crippen LogP contribution in [0.25, 0.3) is 0 Å². The molecule has 132 valence electrons. The van der Waals surface area contributed by atoms with Crippen LogP contribution in [-0.2, 0) is 22.5 Å². The van der Waals surface area contributed by atoms with Crippen molar-refractivity contribution in [3.63, 3.8) is 0 Å². The third kappa shape index (κ3) is 4.73. The highest BCUT2D eigenvalue weighted by Gasteiger charge is 2.14. The smallest absolute Gasteiger partial charge is 0.224 e. The molecule has 7 heteroatoms. The number of anilines is 1. The molecule has 1 aromatic carbocycles. The molecule has 0 atom stereocenters. The minimum absolute atomic E-state index is 0.00515. The Bertz CT molecular complexity index is 748. The van der Waals surface area contributed by atoms with Crippen LogP contribution in [0.4, 0.5) is 10.2 Å². The van der Waals surface area contributed by atoms with E-state index in [4.69, 9.17) is 4.74 Å². The standard InChI is InChI=1S/C18H21FN4O2/c1-13-10-17(23-6-8-25-9-7-23)22-16(21-13)12-20-18(24)11-14-4-2-3-5-15(14)19/h2-5,10H,6-9,11-12H2,1H3,(H,20,24). The van der Waals surface area contributed by atoms with E-state index in [1.807, 2.05) is 13.0 Å². The number of halogens is 1. The summed E-state index contributed by atoms with van der Waals surface area (Å²) in [6.45, 7) is 5.04. The number of carbonyl (C=O) groups excluding carboxylic acids is 1. The van der Waals surface area contributed by atoms with Gasteiger partial charge in [-0.15, -0.1) is 0 Å². The lowest BCUT2D eigenvalue weighted by molar-refractivity contribution is -0.120. The second-order valence-corrected chi connectivity index (χ2v) is 5.93. The van der Waals surface area contributed by atoms with E-state index in [1.165, 1.54) is 6.07 Å². The molecule has 1 saturated heterocycles. The summed E-state index contributed by atoms with van der Waals surface area (Å²) < 4.78 is 19.0. The minimum Gasteiger partial charge on any atom is -0.378 e.